The summed E-state index contributed by atoms with van der Waals surface area (Å²) in [6, 6.07) is -0.243. The summed E-state index contributed by atoms with van der Waals surface area (Å²) in [6.45, 7) is 0.656. The van der Waals surface area contributed by atoms with Gasteiger partial charge in [-0.1, -0.05) is 0 Å². The van der Waals surface area contributed by atoms with Gasteiger partial charge in [0, 0.05) is 20.0 Å². The highest BCUT2D eigenvalue weighted by Gasteiger charge is 2.31. The van der Waals surface area contributed by atoms with Crippen LogP contribution in [0.1, 0.15) is 25.7 Å². The lowest BCUT2D eigenvalue weighted by Gasteiger charge is -2.29. The Morgan fingerprint density at radius 2 is 2.29 bits per heavy atom. The van der Waals surface area contributed by atoms with Crippen molar-refractivity contribution in [2.24, 2.45) is 0 Å². The Labute approximate surface area is 101 Å². The number of likely N-dealkylation sites (N-methyl/N-ethyl adjacent to an activating group) is 1. The van der Waals surface area contributed by atoms with Gasteiger partial charge in [0.15, 0.2) is 0 Å². The van der Waals surface area contributed by atoms with E-state index in [-0.39, 0.29) is 24.0 Å². The summed E-state index contributed by atoms with van der Waals surface area (Å²) in [5.74, 6) is -0.225. The fourth-order valence-corrected chi connectivity index (χ4v) is 2.11. The maximum atomic E-state index is 11.8. The molecule has 2 amide bonds. The zero-order chi connectivity index (χ0) is 12.3. The van der Waals surface area contributed by atoms with Gasteiger partial charge in [-0.15, -0.1) is 0 Å². The molecule has 1 N–H and O–H groups in total. The van der Waals surface area contributed by atoms with Gasteiger partial charge in [-0.25, -0.2) is 0 Å². The number of amides is 2. The summed E-state index contributed by atoms with van der Waals surface area (Å²) >= 11 is 0. The lowest BCUT2D eigenvalue weighted by atomic mass is 10.0. The van der Waals surface area contributed by atoms with E-state index in [1.54, 1.807) is 13.3 Å². The van der Waals surface area contributed by atoms with E-state index in [9.17, 15) is 9.59 Å². The van der Waals surface area contributed by atoms with Crippen molar-refractivity contribution < 1.29 is 14.3 Å². The number of likely N-dealkylation sites (tertiary alicyclic amines) is 1. The maximum absolute atomic E-state index is 11.8. The maximum Gasteiger partial charge on any atom is 0.246 e. The number of nitrogens with one attached hydrogen (secondary N) is 1. The second kappa shape index (κ2) is 5.31. The molecule has 2 heterocycles. The van der Waals surface area contributed by atoms with Crippen molar-refractivity contribution in [1.82, 2.24) is 10.2 Å². The molecule has 0 spiro atoms. The topological polar surface area (TPSA) is 58.6 Å². The highest BCUT2D eigenvalue weighted by atomic mass is 16.5. The first kappa shape index (κ1) is 12.1. The molecule has 2 rings (SSSR count). The van der Waals surface area contributed by atoms with Crippen LogP contribution in [0.2, 0.25) is 0 Å². The summed E-state index contributed by atoms with van der Waals surface area (Å²) in [7, 11) is 1.54. The molecule has 0 aromatic rings. The van der Waals surface area contributed by atoms with Gasteiger partial charge in [-0.05, 0) is 25.3 Å². The molecule has 0 bridgehead atoms. The molecule has 0 aromatic heterocycles. The van der Waals surface area contributed by atoms with Crippen molar-refractivity contribution in [3.63, 3.8) is 0 Å². The van der Waals surface area contributed by atoms with Gasteiger partial charge >= 0.3 is 0 Å². The van der Waals surface area contributed by atoms with Crippen LogP contribution >= 0.6 is 0 Å². The highest BCUT2D eigenvalue weighted by molar-refractivity contribution is 6.00. The first-order valence-corrected chi connectivity index (χ1v) is 6.02. The number of carbonyl (C=O) groups excluding carboxylic acids is 2. The molecule has 1 saturated heterocycles. The summed E-state index contributed by atoms with van der Waals surface area (Å²) in [5, 5.41) is 3.19. The van der Waals surface area contributed by atoms with Gasteiger partial charge in [0.1, 0.15) is 6.10 Å². The van der Waals surface area contributed by atoms with Crippen LogP contribution in [0, 0.1) is 0 Å². The van der Waals surface area contributed by atoms with E-state index in [0.29, 0.717) is 19.4 Å². The number of carbonyl (C=O) groups is 2. The molecule has 2 unspecified atom stereocenters. The van der Waals surface area contributed by atoms with Crippen molar-refractivity contribution in [2.45, 2.75) is 37.8 Å². The first-order valence-electron chi connectivity index (χ1n) is 6.02. The van der Waals surface area contributed by atoms with Crippen LogP contribution in [0.15, 0.2) is 12.3 Å². The minimum atomic E-state index is -0.243. The third-order valence-corrected chi connectivity index (χ3v) is 3.26. The molecule has 0 aromatic carbocycles. The van der Waals surface area contributed by atoms with Crippen LogP contribution in [0.3, 0.4) is 0 Å². The van der Waals surface area contributed by atoms with Gasteiger partial charge in [-0.2, -0.15) is 0 Å². The monoisotopic (exact) mass is 238 g/mol. The van der Waals surface area contributed by atoms with Gasteiger partial charge in [0.2, 0.25) is 11.8 Å². The second-order valence-electron chi connectivity index (χ2n) is 4.50. The largest absolute Gasteiger partial charge is 0.497 e. The van der Waals surface area contributed by atoms with Crippen LogP contribution in [0.4, 0.5) is 0 Å². The molecule has 1 fully saturated rings. The zero-order valence-corrected chi connectivity index (χ0v) is 10.0. The summed E-state index contributed by atoms with van der Waals surface area (Å²) in [4.78, 5) is 24.3. The van der Waals surface area contributed by atoms with Gasteiger partial charge in [-0.3, -0.25) is 14.5 Å². The lowest BCUT2D eigenvalue weighted by molar-refractivity contribution is -0.148. The molecule has 94 valence electrons. The molecule has 0 saturated carbocycles. The Morgan fingerprint density at radius 1 is 1.47 bits per heavy atom. The number of hydrogen-bond acceptors (Lipinski definition) is 4. The van der Waals surface area contributed by atoms with E-state index in [1.807, 2.05) is 6.08 Å². The van der Waals surface area contributed by atoms with Gasteiger partial charge < -0.3 is 10.1 Å². The van der Waals surface area contributed by atoms with Crippen molar-refractivity contribution in [3.8, 4) is 0 Å². The fourth-order valence-electron chi connectivity index (χ4n) is 2.11. The van der Waals surface area contributed by atoms with Crippen LogP contribution < -0.4 is 5.32 Å². The van der Waals surface area contributed by atoms with E-state index >= 15 is 0 Å². The quantitative estimate of drug-likeness (QED) is 0.724. The van der Waals surface area contributed by atoms with E-state index in [1.165, 1.54) is 4.90 Å². The smallest absolute Gasteiger partial charge is 0.246 e. The van der Waals surface area contributed by atoms with Crippen LogP contribution in [0.5, 0.6) is 0 Å². The number of allylic oxidation sites excluding steroid dienone is 1. The number of ether oxygens (including phenoxy) is 1. The van der Waals surface area contributed by atoms with Crippen molar-refractivity contribution in [2.75, 3.05) is 13.6 Å². The third kappa shape index (κ3) is 2.85. The van der Waals surface area contributed by atoms with Gasteiger partial charge in [0.05, 0.1) is 12.3 Å². The van der Waals surface area contributed by atoms with Crippen LogP contribution in [-0.4, -0.2) is 42.5 Å². The Morgan fingerprint density at radius 3 is 3.00 bits per heavy atom. The molecular weight excluding hydrogens is 220 g/mol. The number of imide groups is 1. The number of rotatable bonds is 3. The first-order chi connectivity index (χ1) is 8.18. The molecule has 0 radical (unpaired) electrons. The summed E-state index contributed by atoms with van der Waals surface area (Å²) in [6.07, 6.45) is 6.86. The Bertz CT molecular complexity index is 341. The summed E-state index contributed by atoms with van der Waals surface area (Å²) in [5.41, 5.74) is 0. The van der Waals surface area contributed by atoms with E-state index < -0.39 is 0 Å². The molecule has 2 aliphatic rings. The molecule has 2 aliphatic heterocycles. The third-order valence-electron chi connectivity index (χ3n) is 3.26. The lowest BCUT2D eigenvalue weighted by Crippen LogP contribution is -2.52. The molecule has 5 nitrogen and oxygen atoms in total. The van der Waals surface area contributed by atoms with Crippen molar-refractivity contribution in [3.05, 3.63) is 12.3 Å². The van der Waals surface area contributed by atoms with E-state index in [4.69, 9.17) is 4.74 Å². The zero-order valence-electron chi connectivity index (χ0n) is 10.0. The Balaban J connectivity index is 1.81. The van der Waals surface area contributed by atoms with Crippen LogP contribution in [0.25, 0.3) is 0 Å². The molecular formula is C12H18N2O3. The van der Waals surface area contributed by atoms with Gasteiger partial charge in [0.25, 0.3) is 0 Å². The Hall–Kier alpha value is -1.36. The molecule has 2 atom stereocenters. The predicted octanol–water partition coefficient (Wildman–Crippen LogP) is 0.416. The standard InChI is InChI=1S/C12H18N2O3/c1-14-11(15)6-5-10(12(14)16)13-8-9-4-2-3-7-17-9/h3,7,9-10,13H,2,4-6,8H2,1H3. The van der Waals surface area contributed by atoms with Crippen molar-refractivity contribution in [1.29, 1.82) is 0 Å². The number of piperidine rings is 1. The summed E-state index contributed by atoms with van der Waals surface area (Å²) < 4.78 is 5.42. The minimum Gasteiger partial charge on any atom is -0.497 e. The predicted molar refractivity (Wildman–Crippen MR) is 62.0 cm³/mol. The fraction of sp³-hybridized carbons (Fsp3) is 0.667. The highest BCUT2D eigenvalue weighted by Crippen LogP contribution is 2.13. The van der Waals surface area contributed by atoms with E-state index in [0.717, 1.165) is 12.8 Å². The average Bonchev–Trinajstić information content (AvgIpc) is 2.36. The number of nitrogens with zero attached hydrogens (tertiary/aromatic N) is 1. The van der Waals surface area contributed by atoms with Crippen molar-refractivity contribution >= 4 is 11.8 Å². The SMILES string of the molecule is CN1C(=O)CCC(NCC2CCC=CO2)C1=O. The molecule has 5 heteroatoms. The molecule has 17 heavy (non-hydrogen) atoms. The normalized spacial score (nSPS) is 29.4. The number of hydrogen-bond donors (Lipinski definition) is 1. The molecule has 0 aliphatic carbocycles. The minimum absolute atomic E-state index is 0.0927. The van der Waals surface area contributed by atoms with E-state index in [2.05, 4.69) is 5.32 Å². The second-order valence-corrected chi connectivity index (χ2v) is 4.50. The average molecular weight is 238 g/mol. The van der Waals surface area contributed by atoms with Crippen LogP contribution in [-0.2, 0) is 14.3 Å². The Kier molecular flexibility index (Phi) is 3.78.